The van der Waals surface area contributed by atoms with Crippen molar-refractivity contribution in [2.75, 3.05) is 19.5 Å². The van der Waals surface area contributed by atoms with E-state index in [0.29, 0.717) is 17.0 Å². The Labute approximate surface area is 105 Å². The number of fused-ring (bicyclic) bond motifs is 1. The molecule has 1 aliphatic heterocycles. The molecule has 0 aromatic heterocycles. The number of ketones is 1. The van der Waals surface area contributed by atoms with Crippen molar-refractivity contribution in [1.82, 2.24) is 0 Å². The summed E-state index contributed by atoms with van der Waals surface area (Å²) in [4.78, 5) is 23.3. The second-order valence-corrected chi connectivity index (χ2v) is 4.13. The lowest BCUT2D eigenvalue weighted by Crippen LogP contribution is -2.32. The number of esters is 1. The van der Waals surface area contributed by atoms with Crippen LogP contribution in [-0.4, -0.2) is 32.0 Å². The molecule has 0 aliphatic carbocycles. The van der Waals surface area contributed by atoms with Crippen LogP contribution in [0.3, 0.4) is 0 Å². The van der Waals surface area contributed by atoms with Gasteiger partial charge < -0.3 is 14.8 Å². The number of carbonyl (C=O) groups is 2. The van der Waals surface area contributed by atoms with E-state index in [0.717, 1.165) is 0 Å². The summed E-state index contributed by atoms with van der Waals surface area (Å²) < 4.78 is 9.77. The fourth-order valence-electron chi connectivity index (χ4n) is 2.11. The Bertz CT molecular complexity index is 484. The summed E-state index contributed by atoms with van der Waals surface area (Å²) in [6, 6.07) is 5.14. The highest BCUT2D eigenvalue weighted by Crippen LogP contribution is 2.33. The summed E-state index contributed by atoms with van der Waals surface area (Å²) in [6.07, 6.45) is 0.446. The molecule has 1 unspecified atom stereocenters. The summed E-state index contributed by atoms with van der Waals surface area (Å²) in [6.45, 7) is 0. The summed E-state index contributed by atoms with van der Waals surface area (Å²) >= 11 is 0. The number of methoxy groups -OCH3 is 2. The van der Waals surface area contributed by atoms with E-state index in [1.165, 1.54) is 14.2 Å². The van der Waals surface area contributed by atoms with Crippen LogP contribution in [0.25, 0.3) is 0 Å². The van der Waals surface area contributed by atoms with E-state index >= 15 is 0 Å². The average molecular weight is 249 g/mol. The van der Waals surface area contributed by atoms with E-state index in [-0.39, 0.29) is 30.6 Å². The minimum atomic E-state index is -0.327. The summed E-state index contributed by atoms with van der Waals surface area (Å²) in [5.41, 5.74) is 1.26. The fraction of sp³-hybridized carbons (Fsp3) is 0.385. The molecule has 1 heterocycles. The van der Waals surface area contributed by atoms with Gasteiger partial charge in [-0.25, -0.2) is 0 Å². The first kappa shape index (κ1) is 12.4. The van der Waals surface area contributed by atoms with Gasteiger partial charge in [-0.1, -0.05) is 6.07 Å². The third kappa shape index (κ3) is 2.30. The Kier molecular flexibility index (Phi) is 3.50. The zero-order valence-corrected chi connectivity index (χ0v) is 10.4. The van der Waals surface area contributed by atoms with Gasteiger partial charge in [-0.2, -0.15) is 0 Å². The largest absolute Gasteiger partial charge is 0.496 e. The molecule has 0 saturated carbocycles. The Morgan fingerprint density at radius 2 is 2.22 bits per heavy atom. The van der Waals surface area contributed by atoms with Gasteiger partial charge in [0.2, 0.25) is 0 Å². The normalized spacial score (nSPS) is 17.7. The second-order valence-electron chi connectivity index (χ2n) is 4.13. The maximum atomic E-state index is 12.1. The molecule has 5 heteroatoms. The lowest BCUT2D eigenvalue weighted by molar-refractivity contribution is -0.140. The van der Waals surface area contributed by atoms with Gasteiger partial charge in [0.15, 0.2) is 5.78 Å². The van der Waals surface area contributed by atoms with Crippen LogP contribution in [-0.2, 0) is 9.53 Å². The highest BCUT2D eigenvalue weighted by atomic mass is 16.5. The van der Waals surface area contributed by atoms with Crippen LogP contribution in [0.5, 0.6) is 5.75 Å². The number of nitrogens with one attached hydrogen (secondary N) is 1. The third-order valence-electron chi connectivity index (χ3n) is 2.96. The Hall–Kier alpha value is -2.04. The number of hydrogen-bond acceptors (Lipinski definition) is 5. The molecule has 0 fully saturated rings. The van der Waals surface area contributed by atoms with E-state index in [1.54, 1.807) is 18.2 Å². The van der Waals surface area contributed by atoms with Gasteiger partial charge in [0.05, 0.1) is 26.2 Å². The minimum absolute atomic E-state index is 0.0184. The van der Waals surface area contributed by atoms with Crippen molar-refractivity contribution in [3.63, 3.8) is 0 Å². The van der Waals surface area contributed by atoms with Crippen molar-refractivity contribution < 1.29 is 19.1 Å². The Balaban J connectivity index is 2.24. The molecule has 0 amide bonds. The highest BCUT2D eigenvalue weighted by Gasteiger charge is 2.28. The van der Waals surface area contributed by atoms with Crippen molar-refractivity contribution in [3.8, 4) is 5.75 Å². The molecular formula is C13H15NO4. The Morgan fingerprint density at radius 3 is 2.89 bits per heavy atom. The van der Waals surface area contributed by atoms with E-state index in [9.17, 15) is 9.59 Å². The van der Waals surface area contributed by atoms with Crippen molar-refractivity contribution in [2.24, 2.45) is 0 Å². The first-order valence-electron chi connectivity index (χ1n) is 5.69. The van der Waals surface area contributed by atoms with Gasteiger partial charge in [-0.3, -0.25) is 9.59 Å². The minimum Gasteiger partial charge on any atom is -0.496 e. The molecule has 0 bridgehead atoms. The summed E-state index contributed by atoms with van der Waals surface area (Å²) in [7, 11) is 2.87. The number of carbonyl (C=O) groups excluding carboxylic acids is 2. The quantitative estimate of drug-likeness (QED) is 0.825. The molecule has 1 aliphatic rings. The van der Waals surface area contributed by atoms with Crippen molar-refractivity contribution in [1.29, 1.82) is 0 Å². The van der Waals surface area contributed by atoms with Gasteiger partial charge in [-0.15, -0.1) is 0 Å². The molecule has 1 aromatic rings. The zero-order chi connectivity index (χ0) is 13.1. The van der Waals surface area contributed by atoms with Gasteiger partial charge in [0.25, 0.3) is 0 Å². The van der Waals surface area contributed by atoms with Gasteiger partial charge in [-0.05, 0) is 12.1 Å². The van der Waals surface area contributed by atoms with E-state index < -0.39 is 0 Å². The summed E-state index contributed by atoms with van der Waals surface area (Å²) in [5, 5.41) is 3.17. The Morgan fingerprint density at radius 1 is 1.44 bits per heavy atom. The second kappa shape index (κ2) is 5.08. The average Bonchev–Trinajstić information content (AvgIpc) is 2.37. The van der Waals surface area contributed by atoms with Crippen molar-refractivity contribution >= 4 is 17.4 Å². The SMILES string of the molecule is COC(=O)CC1CC(=O)c2c(cccc2OC)N1. The van der Waals surface area contributed by atoms with E-state index in [4.69, 9.17) is 4.74 Å². The molecule has 2 rings (SSSR count). The summed E-state index contributed by atoms with van der Waals surface area (Å²) in [5.74, 6) is 0.211. The van der Waals surface area contributed by atoms with Crippen LogP contribution in [0.15, 0.2) is 18.2 Å². The first-order chi connectivity index (χ1) is 8.65. The molecular weight excluding hydrogens is 234 g/mol. The smallest absolute Gasteiger partial charge is 0.307 e. The van der Waals surface area contributed by atoms with Crippen LogP contribution in [0, 0.1) is 0 Å². The monoisotopic (exact) mass is 249 g/mol. The van der Waals surface area contributed by atoms with Crippen LogP contribution < -0.4 is 10.1 Å². The number of hydrogen-bond donors (Lipinski definition) is 1. The number of benzene rings is 1. The van der Waals surface area contributed by atoms with Crippen LogP contribution in [0.2, 0.25) is 0 Å². The van der Waals surface area contributed by atoms with Crippen molar-refractivity contribution in [3.05, 3.63) is 23.8 Å². The van der Waals surface area contributed by atoms with Crippen LogP contribution in [0.1, 0.15) is 23.2 Å². The maximum Gasteiger partial charge on any atom is 0.307 e. The highest BCUT2D eigenvalue weighted by molar-refractivity contribution is 6.06. The molecule has 96 valence electrons. The predicted octanol–water partition coefficient (Wildman–Crippen LogP) is 1.63. The molecule has 0 spiro atoms. The standard InChI is InChI=1S/C13H15NO4/c1-17-11-5-3-4-9-13(11)10(15)6-8(14-9)7-12(16)18-2/h3-5,8,14H,6-7H2,1-2H3. The first-order valence-corrected chi connectivity index (χ1v) is 5.69. The molecule has 1 N–H and O–H groups in total. The lowest BCUT2D eigenvalue weighted by Gasteiger charge is -2.26. The van der Waals surface area contributed by atoms with E-state index in [1.807, 2.05) is 0 Å². The van der Waals surface area contributed by atoms with Gasteiger partial charge in [0, 0.05) is 18.2 Å². The molecule has 0 radical (unpaired) electrons. The van der Waals surface area contributed by atoms with Gasteiger partial charge >= 0.3 is 5.97 Å². The fourth-order valence-corrected chi connectivity index (χ4v) is 2.11. The van der Waals surface area contributed by atoms with Crippen molar-refractivity contribution in [2.45, 2.75) is 18.9 Å². The topological polar surface area (TPSA) is 64.6 Å². The molecule has 1 atom stereocenters. The number of anilines is 1. The van der Waals surface area contributed by atoms with Crippen LogP contribution >= 0.6 is 0 Å². The van der Waals surface area contributed by atoms with Crippen LogP contribution in [0.4, 0.5) is 5.69 Å². The number of rotatable bonds is 3. The molecule has 18 heavy (non-hydrogen) atoms. The predicted molar refractivity (Wildman–Crippen MR) is 66.0 cm³/mol. The third-order valence-corrected chi connectivity index (χ3v) is 2.96. The van der Waals surface area contributed by atoms with E-state index in [2.05, 4.69) is 10.1 Å². The maximum absolute atomic E-state index is 12.1. The molecule has 5 nitrogen and oxygen atoms in total. The molecule has 1 aromatic carbocycles. The lowest BCUT2D eigenvalue weighted by atomic mass is 9.94. The number of Topliss-reactive ketones (excluding diaryl/α,β-unsaturated/α-hetero) is 1. The number of ether oxygens (including phenoxy) is 2. The van der Waals surface area contributed by atoms with Gasteiger partial charge in [0.1, 0.15) is 5.75 Å². The zero-order valence-electron chi connectivity index (χ0n) is 10.4. The molecule has 0 saturated heterocycles.